The molecular formula is C13H18O4. The molecule has 2 atom stereocenters. The first-order valence-electron chi connectivity index (χ1n) is 5.71. The summed E-state index contributed by atoms with van der Waals surface area (Å²) in [4.78, 5) is 11.2. The summed E-state index contributed by atoms with van der Waals surface area (Å²) in [5, 5.41) is 19.1. The molecule has 1 aromatic carbocycles. The Hall–Kier alpha value is -1.39. The minimum atomic E-state index is -1.46. The molecule has 1 rings (SSSR count). The van der Waals surface area contributed by atoms with E-state index >= 15 is 0 Å². The number of hydrogen-bond acceptors (Lipinski definition) is 4. The van der Waals surface area contributed by atoms with Crippen LogP contribution in [0.2, 0.25) is 0 Å². The maximum Gasteiger partial charge on any atom is 0.337 e. The van der Waals surface area contributed by atoms with Crippen LogP contribution in [-0.2, 0) is 16.0 Å². The fraction of sp³-hybridized carbons (Fsp3) is 0.462. The van der Waals surface area contributed by atoms with Gasteiger partial charge in [0.1, 0.15) is 0 Å². The number of carbonyl (C=O) groups is 1. The van der Waals surface area contributed by atoms with Crippen molar-refractivity contribution < 1.29 is 19.7 Å². The highest BCUT2D eigenvalue weighted by Crippen LogP contribution is 2.08. The van der Waals surface area contributed by atoms with E-state index < -0.39 is 18.2 Å². The van der Waals surface area contributed by atoms with E-state index in [0.717, 1.165) is 5.56 Å². The lowest BCUT2D eigenvalue weighted by atomic mass is 10.0. The molecule has 4 nitrogen and oxygen atoms in total. The van der Waals surface area contributed by atoms with Gasteiger partial charge in [0.15, 0.2) is 6.10 Å². The first kappa shape index (κ1) is 13.7. The van der Waals surface area contributed by atoms with Gasteiger partial charge in [-0.3, -0.25) is 0 Å². The second-order valence-corrected chi connectivity index (χ2v) is 3.79. The van der Waals surface area contributed by atoms with Crippen molar-refractivity contribution in [3.05, 3.63) is 35.9 Å². The van der Waals surface area contributed by atoms with E-state index in [4.69, 9.17) is 0 Å². The number of ether oxygens (including phenoxy) is 1. The van der Waals surface area contributed by atoms with Crippen LogP contribution in [0.15, 0.2) is 30.3 Å². The summed E-state index contributed by atoms with van der Waals surface area (Å²) in [5.41, 5.74) is 1.06. The number of aryl methyl sites for hydroxylation is 1. The molecule has 0 aliphatic carbocycles. The van der Waals surface area contributed by atoms with Crippen LogP contribution in [0.1, 0.15) is 18.9 Å². The maximum absolute atomic E-state index is 11.2. The molecule has 0 saturated heterocycles. The Kier molecular flexibility index (Phi) is 5.66. The second kappa shape index (κ2) is 7.04. The molecule has 0 saturated carbocycles. The highest BCUT2D eigenvalue weighted by Gasteiger charge is 2.24. The van der Waals surface area contributed by atoms with Crippen LogP contribution in [0.25, 0.3) is 0 Å². The van der Waals surface area contributed by atoms with Gasteiger partial charge in [-0.05, 0) is 25.3 Å². The van der Waals surface area contributed by atoms with Crippen molar-refractivity contribution in [3.8, 4) is 0 Å². The first-order chi connectivity index (χ1) is 8.15. The van der Waals surface area contributed by atoms with E-state index in [1.165, 1.54) is 0 Å². The van der Waals surface area contributed by atoms with Crippen LogP contribution in [-0.4, -0.2) is 35.0 Å². The minimum absolute atomic E-state index is 0.196. The third kappa shape index (κ3) is 4.54. The number of hydrogen-bond donors (Lipinski definition) is 2. The van der Waals surface area contributed by atoms with Gasteiger partial charge in [0.25, 0.3) is 0 Å². The Morgan fingerprint density at radius 3 is 2.53 bits per heavy atom. The Labute approximate surface area is 101 Å². The largest absolute Gasteiger partial charge is 0.464 e. The molecule has 17 heavy (non-hydrogen) atoms. The minimum Gasteiger partial charge on any atom is -0.464 e. The van der Waals surface area contributed by atoms with Crippen molar-refractivity contribution in [1.82, 2.24) is 0 Å². The van der Waals surface area contributed by atoms with E-state index in [-0.39, 0.29) is 6.61 Å². The molecular weight excluding hydrogens is 220 g/mol. The van der Waals surface area contributed by atoms with Crippen molar-refractivity contribution in [2.75, 3.05) is 6.61 Å². The predicted octanol–water partition coefficient (Wildman–Crippen LogP) is 0.904. The van der Waals surface area contributed by atoms with Gasteiger partial charge in [-0.15, -0.1) is 0 Å². The van der Waals surface area contributed by atoms with Crippen molar-refractivity contribution in [3.63, 3.8) is 0 Å². The lowest BCUT2D eigenvalue weighted by Gasteiger charge is -2.16. The van der Waals surface area contributed by atoms with Crippen LogP contribution >= 0.6 is 0 Å². The summed E-state index contributed by atoms with van der Waals surface area (Å²) < 4.78 is 4.63. The third-order valence-corrected chi connectivity index (χ3v) is 2.46. The molecule has 0 fully saturated rings. The van der Waals surface area contributed by atoms with E-state index in [1.807, 2.05) is 30.3 Å². The van der Waals surface area contributed by atoms with Gasteiger partial charge in [0, 0.05) is 0 Å². The Balaban J connectivity index is 2.39. The van der Waals surface area contributed by atoms with Crippen molar-refractivity contribution in [2.45, 2.75) is 32.0 Å². The summed E-state index contributed by atoms with van der Waals surface area (Å²) in [6.07, 6.45) is -1.62. The van der Waals surface area contributed by atoms with Crippen molar-refractivity contribution in [1.29, 1.82) is 0 Å². The standard InChI is InChI=1S/C13H18O4/c1-2-17-13(16)12(15)11(14)9-8-10-6-4-3-5-7-10/h3-7,11-12,14-15H,2,8-9H2,1H3/t11-,12+/m1/s1. The molecule has 0 aromatic heterocycles. The number of rotatable bonds is 6. The number of aliphatic hydroxyl groups is 2. The summed E-state index contributed by atoms with van der Waals surface area (Å²) >= 11 is 0. The summed E-state index contributed by atoms with van der Waals surface area (Å²) in [6.45, 7) is 1.85. The average Bonchev–Trinajstić information content (AvgIpc) is 2.36. The SMILES string of the molecule is CCOC(=O)[C@@H](O)[C@H](O)CCc1ccccc1. The van der Waals surface area contributed by atoms with Gasteiger partial charge < -0.3 is 14.9 Å². The lowest BCUT2D eigenvalue weighted by Crippen LogP contribution is -2.35. The zero-order valence-electron chi connectivity index (χ0n) is 9.87. The molecule has 4 heteroatoms. The summed E-state index contributed by atoms with van der Waals surface area (Å²) in [7, 11) is 0. The predicted molar refractivity (Wildman–Crippen MR) is 63.4 cm³/mol. The van der Waals surface area contributed by atoms with Crippen LogP contribution in [0.3, 0.4) is 0 Å². The van der Waals surface area contributed by atoms with Gasteiger partial charge in [-0.25, -0.2) is 4.79 Å². The zero-order chi connectivity index (χ0) is 12.7. The zero-order valence-corrected chi connectivity index (χ0v) is 9.87. The Morgan fingerprint density at radius 1 is 1.29 bits per heavy atom. The monoisotopic (exact) mass is 238 g/mol. The molecule has 94 valence electrons. The van der Waals surface area contributed by atoms with Crippen LogP contribution < -0.4 is 0 Å². The molecule has 0 aliphatic rings. The molecule has 0 bridgehead atoms. The van der Waals surface area contributed by atoms with E-state index in [9.17, 15) is 15.0 Å². The summed E-state index contributed by atoms with van der Waals surface area (Å²) in [5.74, 6) is -0.770. The Morgan fingerprint density at radius 2 is 1.94 bits per heavy atom. The van der Waals surface area contributed by atoms with Gasteiger partial charge >= 0.3 is 5.97 Å². The number of benzene rings is 1. The number of carbonyl (C=O) groups excluding carboxylic acids is 1. The third-order valence-electron chi connectivity index (χ3n) is 2.46. The lowest BCUT2D eigenvalue weighted by molar-refractivity contribution is -0.159. The fourth-order valence-electron chi connectivity index (χ4n) is 1.50. The van der Waals surface area contributed by atoms with E-state index in [2.05, 4.69) is 4.74 Å². The highest BCUT2D eigenvalue weighted by molar-refractivity contribution is 5.75. The maximum atomic E-state index is 11.2. The highest BCUT2D eigenvalue weighted by atomic mass is 16.5. The molecule has 0 amide bonds. The molecule has 0 radical (unpaired) electrons. The molecule has 0 spiro atoms. The molecule has 2 N–H and O–H groups in total. The van der Waals surface area contributed by atoms with Crippen LogP contribution in [0.4, 0.5) is 0 Å². The van der Waals surface area contributed by atoms with Crippen LogP contribution in [0.5, 0.6) is 0 Å². The average molecular weight is 238 g/mol. The molecule has 0 unspecified atom stereocenters. The number of esters is 1. The fourth-order valence-corrected chi connectivity index (χ4v) is 1.50. The molecule has 0 heterocycles. The summed E-state index contributed by atoms with van der Waals surface area (Å²) in [6, 6.07) is 9.59. The van der Waals surface area contributed by atoms with Gasteiger partial charge in [-0.1, -0.05) is 30.3 Å². The topological polar surface area (TPSA) is 66.8 Å². The quantitative estimate of drug-likeness (QED) is 0.723. The normalized spacial score (nSPS) is 14.1. The smallest absolute Gasteiger partial charge is 0.337 e. The van der Waals surface area contributed by atoms with Gasteiger partial charge in [-0.2, -0.15) is 0 Å². The van der Waals surface area contributed by atoms with Crippen molar-refractivity contribution in [2.24, 2.45) is 0 Å². The van der Waals surface area contributed by atoms with Crippen LogP contribution in [0, 0.1) is 0 Å². The van der Waals surface area contributed by atoms with Crippen molar-refractivity contribution >= 4 is 5.97 Å². The van der Waals surface area contributed by atoms with Gasteiger partial charge in [0.05, 0.1) is 12.7 Å². The molecule has 0 aliphatic heterocycles. The Bertz CT molecular complexity index is 337. The van der Waals surface area contributed by atoms with E-state index in [1.54, 1.807) is 6.92 Å². The molecule has 1 aromatic rings. The van der Waals surface area contributed by atoms with Gasteiger partial charge in [0.2, 0.25) is 0 Å². The first-order valence-corrected chi connectivity index (χ1v) is 5.71. The van der Waals surface area contributed by atoms with E-state index in [0.29, 0.717) is 12.8 Å². The number of aliphatic hydroxyl groups excluding tert-OH is 2. The second-order valence-electron chi connectivity index (χ2n) is 3.79.